The van der Waals surface area contributed by atoms with E-state index in [1.54, 1.807) is 55.5 Å². The van der Waals surface area contributed by atoms with Gasteiger partial charge in [0.1, 0.15) is 0 Å². The van der Waals surface area contributed by atoms with Crippen LogP contribution in [-0.4, -0.2) is 45.3 Å². The van der Waals surface area contributed by atoms with Crippen molar-refractivity contribution in [3.63, 3.8) is 0 Å². The van der Waals surface area contributed by atoms with Crippen LogP contribution >= 0.6 is 23.2 Å². The lowest BCUT2D eigenvalue weighted by molar-refractivity contribution is -0.211. The van der Waals surface area contributed by atoms with Crippen molar-refractivity contribution < 1.29 is 33.0 Å². The molecule has 1 fully saturated rings. The van der Waals surface area contributed by atoms with E-state index in [4.69, 9.17) is 23.2 Å². The van der Waals surface area contributed by atoms with Crippen molar-refractivity contribution >= 4 is 35.1 Å². The van der Waals surface area contributed by atoms with E-state index in [-0.39, 0.29) is 12.8 Å². The highest BCUT2D eigenvalue weighted by Gasteiger charge is 2.53. The maximum Gasteiger partial charge on any atom is 0.414 e. The SMILES string of the molecule is CCC(CC(O)C(F)(F)F)N1C(=O)[C@@](C)(CC(=O)O)C[C@H](c2cccc(Cl)c2)[C@H]1c1ccc(Cl)cc1. The van der Waals surface area contributed by atoms with Crippen LogP contribution in [0.1, 0.15) is 62.6 Å². The van der Waals surface area contributed by atoms with Crippen molar-refractivity contribution in [1.82, 2.24) is 4.90 Å². The zero-order valence-corrected chi connectivity index (χ0v) is 21.3. The van der Waals surface area contributed by atoms with Crippen molar-refractivity contribution in [2.45, 2.75) is 69.8 Å². The second kappa shape index (κ2) is 11.0. The summed E-state index contributed by atoms with van der Waals surface area (Å²) in [5.41, 5.74) is -0.0314. The fraction of sp³-hybridized carbons (Fsp3) is 0.462. The second-order valence-electron chi connectivity index (χ2n) is 9.56. The third-order valence-corrected chi connectivity index (χ3v) is 7.36. The molecular weight excluding hydrogens is 518 g/mol. The van der Waals surface area contributed by atoms with Gasteiger partial charge in [-0.1, -0.05) is 61.3 Å². The number of hydrogen-bond acceptors (Lipinski definition) is 3. The number of likely N-dealkylation sites (tertiary alicyclic amines) is 1. The van der Waals surface area contributed by atoms with Gasteiger partial charge in [-0.15, -0.1) is 0 Å². The van der Waals surface area contributed by atoms with Crippen molar-refractivity contribution in [1.29, 1.82) is 0 Å². The molecule has 10 heteroatoms. The van der Waals surface area contributed by atoms with Gasteiger partial charge >= 0.3 is 12.1 Å². The van der Waals surface area contributed by atoms with Gasteiger partial charge in [0.25, 0.3) is 0 Å². The molecule has 2 aromatic rings. The first-order valence-corrected chi connectivity index (χ1v) is 12.3. The molecule has 2 N–H and O–H groups in total. The summed E-state index contributed by atoms with van der Waals surface area (Å²) in [6, 6.07) is 11.9. The van der Waals surface area contributed by atoms with Crippen LogP contribution in [0.2, 0.25) is 10.0 Å². The number of halogens is 5. The lowest BCUT2D eigenvalue weighted by atomic mass is 9.67. The fourth-order valence-electron chi connectivity index (χ4n) is 5.15. The fourth-order valence-corrected chi connectivity index (χ4v) is 5.47. The number of amides is 1. The Bertz CT molecular complexity index is 1100. The average molecular weight is 546 g/mol. The summed E-state index contributed by atoms with van der Waals surface area (Å²) in [6.45, 7) is 3.16. The Morgan fingerprint density at radius 3 is 2.31 bits per heavy atom. The highest BCUT2D eigenvalue weighted by molar-refractivity contribution is 6.30. The lowest BCUT2D eigenvalue weighted by Gasteiger charge is -2.52. The summed E-state index contributed by atoms with van der Waals surface area (Å²) in [4.78, 5) is 27.1. The summed E-state index contributed by atoms with van der Waals surface area (Å²) < 4.78 is 40.0. The molecule has 0 bridgehead atoms. The van der Waals surface area contributed by atoms with E-state index < -0.39 is 60.4 Å². The van der Waals surface area contributed by atoms with Gasteiger partial charge in [0.2, 0.25) is 5.91 Å². The van der Waals surface area contributed by atoms with Crippen molar-refractivity contribution in [2.75, 3.05) is 0 Å². The first-order valence-electron chi connectivity index (χ1n) is 11.6. The summed E-state index contributed by atoms with van der Waals surface area (Å²) >= 11 is 12.3. The largest absolute Gasteiger partial charge is 0.481 e. The van der Waals surface area contributed by atoms with Gasteiger partial charge in [0, 0.05) is 28.4 Å². The molecule has 2 unspecified atom stereocenters. The number of nitrogens with zero attached hydrogens (tertiary/aromatic N) is 1. The minimum atomic E-state index is -4.86. The van der Waals surface area contributed by atoms with Crippen molar-refractivity contribution in [2.24, 2.45) is 5.41 Å². The summed E-state index contributed by atoms with van der Waals surface area (Å²) in [7, 11) is 0. The van der Waals surface area contributed by atoms with Gasteiger partial charge in [-0.25, -0.2) is 0 Å². The van der Waals surface area contributed by atoms with Gasteiger partial charge in [-0.05, 0) is 48.2 Å². The Kier molecular flexibility index (Phi) is 8.63. The number of hydrogen-bond donors (Lipinski definition) is 2. The number of carboxylic acid groups (broad SMARTS) is 1. The predicted octanol–water partition coefficient (Wildman–Crippen LogP) is 6.62. The topological polar surface area (TPSA) is 77.8 Å². The quantitative estimate of drug-likeness (QED) is 0.390. The molecule has 5 atom stereocenters. The van der Waals surface area contributed by atoms with E-state index in [0.29, 0.717) is 15.6 Å². The zero-order valence-electron chi connectivity index (χ0n) is 19.8. The molecule has 1 amide bonds. The molecule has 0 radical (unpaired) electrons. The van der Waals surface area contributed by atoms with Gasteiger partial charge in [-0.2, -0.15) is 13.2 Å². The molecule has 0 aromatic heterocycles. The minimum absolute atomic E-state index is 0.119. The Morgan fingerprint density at radius 2 is 1.78 bits per heavy atom. The molecule has 3 rings (SSSR count). The number of carbonyl (C=O) groups is 2. The standard InChI is InChI=1S/C26H28Cl2F3NO4/c1-3-19(12-21(33)26(29,30)31)32-23(15-7-9-17(27)10-8-15)20(16-5-4-6-18(28)11-16)13-25(2,24(32)36)14-22(34)35/h4-11,19-21,23,33H,3,12-14H2,1-2H3,(H,34,35)/t19?,20-,21?,23-,25-/m1/s1. The van der Waals surface area contributed by atoms with Crippen LogP contribution in [0.5, 0.6) is 0 Å². The molecule has 1 saturated heterocycles. The number of benzene rings is 2. The Hall–Kier alpha value is -2.29. The number of aliphatic hydroxyl groups excluding tert-OH is 1. The molecule has 1 heterocycles. The van der Waals surface area contributed by atoms with E-state index >= 15 is 0 Å². The van der Waals surface area contributed by atoms with Crippen molar-refractivity contribution in [3.8, 4) is 0 Å². The highest BCUT2D eigenvalue weighted by Crippen LogP contribution is 2.52. The third kappa shape index (κ3) is 6.15. The summed E-state index contributed by atoms with van der Waals surface area (Å²) in [5.74, 6) is -2.24. The number of carbonyl (C=O) groups excluding carboxylic acids is 1. The number of piperidine rings is 1. The molecule has 36 heavy (non-hydrogen) atoms. The lowest BCUT2D eigenvalue weighted by Crippen LogP contribution is -2.57. The number of aliphatic carboxylic acids is 1. The van der Waals surface area contributed by atoms with Crippen LogP contribution in [0.15, 0.2) is 48.5 Å². The molecule has 1 aliphatic rings. The second-order valence-corrected chi connectivity index (χ2v) is 10.4. The summed E-state index contributed by atoms with van der Waals surface area (Å²) in [5, 5.41) is 20.4. The summed E-state index contributed by atoms with van der Waals surface area (Å²) in [6.07, 6.45) is -8.47. The molecule has 0 saturated carbocycles. The molecule has 2 aromatic carbocycles. The van der Waals surface area contributed by atoms with Gasteiger partial charge in [0.05, 0.1) is 17.9 Å². The Balaban J connectivity index is 2.23. The Morgan fingerprint density at radius 1 is 1.14 bits per heavy atom. The van der Waals surface area contributed by atoms with Crippen molar-refractivity contribution in [3.05, 3.63) is 69.7 Å². The van der Waals surface area contributed by atoms with Gasteiger partial charge < -0.3 is 15.1 Å². The van der Waals surface area contributed by atoms with E-state index in [2.05, 4.69) is 0 Å². The van der Waals surface area contributed by atoms with E-state index in [1.165, 1.54) is 11.8 Å². The maximum absolute atomic E-state index is 14.0. The first-order chi connectivity index (χ1) is 16.8. The van der Waals surface area contributed by atoms with Crippen LogP contribution < -0.4 is 0 Å². The van der Waals surface area contributed by atoms with Crippen LogP contribution in [-0.2, 0) is 9.59 Å². The monoisotopic (exact) mass is 545 g/mol. The number of carboxylic acids is 1. The molecule has 1 aliphatic heterocycles. The van der Waals surface area contributed by atoms with Gasteiger partial charge in [-0.3, -0.25) is 9.59 Å². The third-order valence-electron chi connectivity index (χ3n) is 6.87. The average Bonchev–Trinajstić information content (AvgIpc) is 2.78. The van der Waals surface area contributed by atoms with E-state index in [1.807, 2.05) is 0 Å². The van der Waals surface area contributed by atoms with E-state index in [9.17, 15) is 33.0 Å². The Labute approximate surface area is 217 Å². The molecule has 196 valence electrons. The predicted molar refractivity (Wildman–Crippen MR) is 131 cm³/mol. The minimum Gasteiger partial charge on any atom is -0.481 e. The molecule has 0 aliphatic carbocycles. The molecule has 5 nitrogen and oxygen atoms in total. The normalized spacial score (nSPS) is 24.4. The smallest absolute Gasteiger partial charge is 0.414 e. The van der Waals surface area contributed by atoms with Gasteiger partial charge in [0.15, 0.2) is 6.10 Å². The molecule has 0 spiro atoms. The van der Waals surface area contributed by atoms with Crippen LogP contribution in [0.4, 0.5) is 13.2 Å². The van der Waals surface area contributed by atoms with Crippen LogP contribution in [0, 0.1) is 5.41 Å². The van der Waals surface area contributed by atoms with Crippen LogP contribution in [0.25, 0.3) is 0 Å². The van der Waals surface area contributed by atoms with E-state index in [0.717, 1.165) is 5.56 Å². The van der Waals surface area contributed by atoms with Crippen LogP contribution in [0.3, 0.4) is 0 Å². The first kappa shape index (κ1) is 28.3. The number of alkyl halides is 3. The zero-order chi connectivity index (χ0) is 26.8. The maximum atomic E-state index is 14.0. The number of aliphatic hydroxyl groups is 1. The molecular formula is C26H28Cl2F3NO4. The number of rotatable bonds is 8. The highest BCUT2D eigenvalue weighted by atomic mass is 35.5.